The van der Waals surface area contributed by atoms with E-state index in [4.69, 9.17) is 5.14 Å². The van der Waals surface area contributed by atoms with Crippen LogP contribution in [0.5, 0.6) is 0 Å². The number of halogens is 1. The molecule has 2 aliphatic carbocycles. The van der Waals surface area contributed by atoms with Gasteiger partial charge in [-0.1, -0.05) is 36.8 Å². The third-order valence-electron chi connectivity index (χ3n) is 6.65. The van der Waals surface area contributed by atoms with Gasteiger partial charge < -0.3 is 5.32 Å². The second-order valence-electron chi connectivity index (χ2n) is 8.33. The van der Waals surface area contributed by atoms with E-state index in [2.05, 4.69) is 17.4 Å². The fraction of sp³-hybridized carbons (Fsp3) is 0.455. The zero-order valence-electron chi connectivity index (χ0n) is 16.1. The molecule has 0 aromatic heterocycles. The van der Waals surface area contributed by atoms with Gasteiger partial charge in [0.15, 0.2) is 0 Å². The van der Waals surface area contributed by atoms with Gasteiger partial charge in [0.05, 0.1) is 4.75 Å². The molecular formula is C22H27FN2O2S. The first-order valence-electron chi connectivity index (χ1n) is 9.87. The van der Waals surface area contributed by atoms with E-state index < -0.39 is 14.8 Å². The molecule has 6 heteroatoms. The number of benzene rings is 2. The van der Waals surface area contributed by atoms with Gasteiger partial charge in [-0.3, -0.25) is 0 Å². The highest BCUT2D eigenvalue weighted by Gasteiger charge is 2.47. The summed E-state index contributed by atoms with van der Waals surface area (Å²) in [5.74, 6) is 0.0131. The average molecular weight is 403 g/mol. The number of nitrogens with two attached hydrogens (primary N) is 1. The second kappa shape index (κ2) is 7.25. The maximum absolute atomic E-state index is 13.6. The fourth-order valence-electron chi connectivity index (χ4n) is 4.86. The summed E-state index contributed by atoms with van der Waals surface area (Å²) in [6, 6.07) is 13.4. The molecule has 150 valence electrons. The maximum Gasteiger partial charge on any atom is 0.215 e. The van der Waals surface area contributed by atoms with Gasteiger partial charge in [0.2, 0.25) is 10.0 Å². The SMILES string of the molecule is CNC1Cc2ccc(CC3(S(N)(=O)=O)CCC3)cc2C1Cc1cccc(F)c1. The van der Waals surface area contributed by atoms with Crippen molar-refractivity contribution in [3.8, 4) is 0 Å². The molecule has 2 aromatic carbocycles. The number of hydrogen-bond donors (Lipinski definition) is 2. The lowest BCUT2D eigenvalue weighted by Crippen LogP contribution is -2.50. The Morgan fingerprint density at radius 3 is 2.57 bits per heavy atom. The van der Waals surface area contributed by atoms with Crippen molar-refractivity contribution in [2.24, 2.45) is 5.14 Å². The summed E-state index contributed by atoms with van der Waals surface area (Å²) >= 11 is 0. The molecule has 0 saturated heterocycles. The van der Waals surface area contributed by atoms with Gasteiger partial charge in [0.25, 0.3) is 0 Å². The lowest BCUT2D eigenvalue weighted by atomic mass is 9.79. The summed E-state index contributed by atoms with van der Waals surface area (Å²) in [7, 11) is -1.62. The summed E-state index contributed by atoms with van der Waals surface area (Å²) in [6.45, 7) is 0. The summed E-state index contributed by atoms with van der Waals surface area (Å²) in [6.07, 6.45) is 4.32. The van der Waals surface area contributed by atoms with E-state index in [0.717, 1.165) is 30.4 Å². The van der Waals surface area contributed by atoms with Crippen LogP contribution in [0.1, 0.15) is 47.4 Å². The van der Waals surface area contributed by atoms with Crippen LogP contribution in [-0.4, -0.2) is 26.3 Å². The zero-order chi connectivity index (χ0) is 19.9. The lowest BCUT2D eigenvalue weighted by Gasteiger charge is -2.39. The molecule has 1 saturated carbocycles. The Hall–Kier alpha value is -1.76. The summed E-state index contributed by atoms with van der Waals surface area (Å²) < 4.78 is 37.1. The predicted molar refractivity (Wildman–Crippen MR) is 109 cm³/mol. The first-order valence-corrected chi connectivity index (χ1v) is 11.4. The van der Waals surface area contributed by atoms with Crippen molar-refractivity contribution in [3.05, 3.63) is 70.5 Å². The van der Waals surface area contributed by atoms with Gasteiger partial charge in [-0.2, -0.15) is 0 Å². The molecule has 3 N–H and O–H groups in total. The Morgan fingerprint density at radius 1 is 1.18 bits per heavy atom. The Morgan fingerprint density at radius 2 is 1.96 bits per heavy atom. The number of likely N-dealkylation sites (N-methyl/N-ethyl adjacent to an activating group) is 1. The van der Waals surface area contributed by atoms with Gasteiger partial charge in [-0.15, -0.1) is 0 Å². The van der Waals surface area contributed by atoms with Gasteiger partial charge in [-0.25, -0.2) is 17.9 Å². The predicted octanol–water partition coefficient (Wildman–Crippen LogP) is 3.05. The standard InChI is InChI=1S/C22H27FN2O2S/c1-25-21-13-17-7-6-16(14-22(8-3-9-22)28(24,26)27)12-19(17)20(21)11-15-4-2-5-18(23)10-15/h2,4-7,10,12,20-21,25H,3,8-9,11,13-14H2,1H3,(H2,24,26,27). The van der Waals surface area contributed by atoms with E-state index >= 15 is 0 Å². The minimum Gasteiger partial charge on any atom is -0.316 e. The zero-order valence-corrected chi connectivity index (χ0v) is 16.9. The van der Waals surface area contributed by atoms with Crippen LogP contribution in [0.2, 0.25) is 0 Å². The highest BCUT2D eigenvalue weighted by molar-refractivity contribution is 7.90. The normalized spacial score (nSPS) is 23.2. The summed E-state index contributed by atoms with van der Waals surface area (Å²) in [4.78, 5) is 0. The van der Waals surface area contributed by atoms with Crippen LogP contribution >= 0.6 is 0 Å². The average Bonchev–Trinajstić information content (AvgIpc) is 2.94. The van der Waals surface area contributed by atoms with Crippen LogP contribution < -0.4 is 10.5 Å². The molecule has 0 aliphatic heterocycles. The van der Waals surface area contributed by atoms with E-state index in [-0.39, 0.29) is 17.8 Å². The number of hydrogen-bond acceptors (Lipinski definition) is 3. The number of rotatable bonds is 6. The summed E-state index contributed by atoms with van der Waals surface area (Å²) in [5.41, 5.74) is 4.52. The van der Waals surface area contributed by atoms with E-state index in [1.165, 1.54) is 17.2 Å². The van der Waals surface area contributed by atoms with Crippen molar-refractivity contribution < 1.29 is 12.8 Å². The Kier molecular flexibility index (Phi) is 5.06. The first kappa shape index (κ1) is 19.6. The lowest BCUT2D eigenvalue weighted by molar-refractivity contribution is 0.334. The van der Waals surface area contributed by atoms with Gasteiger partial charge in [-0.05, 0) is 73.5 Å². The van der Waals surface area contributed by atoms with E-state index in [1.807, 2.05) is 19.2 Å². The van der Waals surface area contributed by atoms with Crippen LogP contribution in [0, 0.1) is 5.82 Å². The third-order valence-corrected chi connectivity index (χ3v) is 8.41. The molecule has 0 spiro atoms. The molecule has 1 fully saturated rings. The molecule has 0 heterocycles. The Labute approximate surface area is 166 Å². The Balaban J connectivity index is 1.64. The van der Waals surface area contributed by atoms with Crippen LogP contribution in [0.15, 0.2) is 42.5 Å². The highest BCUT2D eigenvalue weighted by Crippen LogP contribution is 2.42. The summed E-state index contributed by atoms with van der Waals surface area (Å²) in [5, 5.41) is 8.95. The molecular weight excluding hydrogens is 375 g/mol. The van der Waals surface area contributed by atoms with Crippen molar-refractivity contribution >= 4 is 10.0 Å². The maximum atomic E-state index is 13.6. The van der Waals surface area contributed by atoms with Gasteiger partial charge in [0, 0.05) is 12.0 Å². The number of primary sulfonamides is 1. The van der Waals surface area contributed by atoms with Crippen LogP contribution in [-0.2, 0) is 29.3 Å². The molecule has 2 atom stereocenters. The van der Waals surface area contributed by atoms with Crippen molar-refractivity contribution in [3.63, 3.8) is 0 Å². The van der Waals surface area contributed by atoms with Gasteiger partial charge in [0.1, 0.15) is 5.82 Å². The van der Waals surface area contributed by atoms with Crippen LogP contribution in [0.25, 0.3) is 0 Å². The third kappa shape index (κ3) is 3.49. The van der Waals surface area contributed by atoms with E-state index in [9.17, 15) is 12.8 Å². The first-order chi connectivity index (χ1) is 13.3. The van der Waals surface area contributed by atoms with Crippen LogP contribution in [0.4, 0.5) is 4.39 Å². The molecule has 4 rings (SSSR count). The topological polar surface area (TPSA) is 72.2 Å². The molecule has 0 radical (unpaired) electrons. The van der Waals surface area contributed by atoms with E-state index in [1.54, 1.807) is 12.1 Å². The fourth-order valence-corrected chi connectivity index (χ4v) is 6.09. The van der Waals surface area contributed by atoms with E-state index in [0.29, 0.717) is 19.3 Å². The number of sulfonamides is 1. The largest absolute Gasteiger partial charge is 0.316 e. The molecule has 28 heavy (non-hydrogen) atoms. The highest BCUT2D eigenvalue weighted by atomic mass is 32.2. The molecule has 0 bridgehead atoms. The minimum atomic E-state index is -3.58. The van der Waals surface area contributed by atoms with Crippen LogP contribution in [0.3, 0.4) is 0 Å². The molecule has 2 unspecified atom stereocenters. The minimum absolute atomic E-state index is 0.217. The molecule has 4 nitrogen and oxygen atoms in total. The van der Waals surface area contributed by atoms with Crippen molar-refractivity contribution in [1.82, 2.24) is 5.32 Å². The van der Waals surface area contributed by atoms with Crippen molar-refractivity contribution in [1.29, 1.82) is 0 Å². The van der Waals surface area contributed by atoms with Gasteiger partial charge >= 0.3 is 0 Å². The smallest absolute Gasteiger partial charge is 0.215 e. The second-order valence-corrected chi connectivity index (χ2v) is 10.3. The molecule has 0 amide bonds. The Bertz CT molecular complexity index is 986. The number of nitrogens with one attached hydrogen (secondary N) is 1. The monoisotopic (exact) mass is 402 g/mol. The van der Waals surface area contributed by atoms with Crippen molar-refractivity contribution in [2.75, 3.05) is 7.05 Å². The molecule has 2 aliphatic rings. The quantitative estimate of drug-likeness (QED) is 0.780. The van der Waals surface area contributed by atoms with Crippen molar-refractivity contribution in [2.45, 2.75) is 55.2 Å². The molecule has 2 aromatic rings. The number of fused-ring (bicyclic) bond motifs is 1.